The molecule has 19 heavy (non-hydrogen) atoms. The zero-order valence-electron chi connectivity index (χ0n) is 11.5. The summed E-state index contributed by atoms with van der Waals surface area (Å²) in [5, 5.41) is 3.05. The van der Waals surface area contributed by atoms with Crippen molar-refractivity contribution in [1.82, 2.24) is 9.88 Å². The second-order valence-corrected chi connectivity index (χ2v) is 7.09. The van der Waals surface area contributed by atoms with Gasteiger partial charge in [0.2, 0.25) is 0 Å². The maximum absolute atomic E-state index is 12.2. The molecule has 1 N–H and O–H groups in total. The summed E-state index contributed by atoms with van der Waals surface area (Å²) < 4.78 is 2.73. The van der Waals surface area contributed by atoms with Gasteiger partial charge in [0.05, 0.1) is 6.04 Å². The van der Waals surface area contributed by atoms with Gasteiger partial charge in [-0.3, -0.25) is 4.79 Å². The highest BCUT2D eigenvalue weighted by Gasteiger charge is 2.17. The van der Waals surface area contributed by atoms with Crippen LogP contribution >= 0.6 is 27.3 Å². The normalized spacial score (nSPS) is 12.5. The number of carbonyl (C=O) groups is 1. The lowest BCUT2D eigenvalue weighted by Crippen LogP contribution is -2.28. The number of hydrogen-bond acceptors (Lipinski definition) is 2. The first-order chi connectivity index (χ1) is 8.88. The fourth-order valence-corrected chi connectivity index (χ4v) is 3.73. The first kappa shape index (κ1) is 14.3. The number of nitrogens with one attached hydrogen (secondary N) is 1. The van der Waals surface area contributed by atoms with Crippen LogP contribution in [-0.4, -0.2) is 10.5 Å². The molecule has 0 bridgehead atoms. The molecule has 1 atom stereocenters. The van der Waals surface area contributed by atoms with Gasteiger partial charge in [-0.1, -0.05) is 0 Å². The minimum absolute atomic E-state index is 0.0196. The summed E-state index contributed by atoms with van der Waals surface area (Å²) in [6.07, 6.45) is 1.87. The molecule has 2 rings (SSSR count). The summed E-state index contributed by atoms with van der Waals surface area (Å²) in [6.45, 7) is 6.20. The number of amides is 1. The lowest BCUT2D eigenvalue weighted by atomic mass is 10.1. The largest absolute Gasteiger partial charge is 0.345 e. The monoisotopic (exact) mass is 340 g/mol. The van der Waals surface area contributed by atoms with Crippen molar-refractivity contribution in [2.45, 2.75) is 26.8 Å². The third-order valence-electron chi connectivity index (χ3n) is 3.10. The standard InChI is InChI=1S/C14H17BrN2OS/c1-8-5-12(10(3)19-8)9(2)16-14(18)13-6-11(15)7-17(13)4/h5-7,9H,1-4H3,(H,16,18). The second-order valence-electron chi connectivity index (χ2n) is 4.72. The molecule has 0 aliphatic heterocycles. The fraction of sp³-hybridized carbons (Fsp3) is 0.357. The average Bonchev–Trinajstić information content (AvgIpc) is 2.81. The van der Waals surface area contributed by atoms with E-state index < -0.39 is 0 Å². The molecular weight excluding hydrogens is 324 g/mol. The van der Waals surface area contributed by atoms with Crippen molar-refractivity contribution in [2.24, 2.45) is 7.05 Å². The summed E-state index contributed by atoms with van der Waals surface area (Å²) >= 11 is 5.14. The van der Waals surface area contributed by atoms with Gasteiger partial charge >= 0.3 is 0 Å². The molecule has 0 aliphatic carbocycles. The van der Waals surface area contributed by atoms with Crippen molar-refractivity contribution in [1.29, 1.82) is 0 Å². The van der Waals surface area contributed by atoms with Crippen LogP contribution in [0.3, 0.4) is 0 Å². The Kier molecular flexibility index (Phi) is 4.16. The maximum atomic E-state index is 12.2. The molecule has 3 nitrogen and oxygen atoms in total. The van der Waals surface area contributed by atoms with Gasteiger partial charge in [0, 0.05) is 27.5 Å². The molecule has 0 spiro atoms. The molecule has 0 saturated heterocycles. The van der Waals surface area contributed by atoms with Gasteiger partial charge in [-0.2, -0.15) is 0 Å². The summed E-state index contributed by atoms with van der Waals surface area (Å²) in [6, 6.07) is 3.99. The molecule has 102 valence electrons. The van der Waals surface area contributed by atoms with E-state index in [0.29, 0.717) is 5.69 Å². The van der Waals surface area contributed by atoms with Gasteiger partial charge in [-0.15, -0.1) is 11.3 Å². The van der Waals surface area contributed by atoms with Crippen molar-refractivity contribution in [3.63, 3.8) is 0 Å². The number of nitrogens with zero attached hydrogens (tertiary/aromatic N) is 1. The summed E-state index contributed by atoms with van der Waals surface area (Å²) in [5.74, 6) is -0.0519. The molecular formula is C14H17BrN2OS. The molecule has 5 heteroatoms. The van der Waals surface area contributed by atoms with E-state index in [2.05, 4.69) is 41.2 Å². The molecule has 1 amide bonds. The number of carbonyl (C=O) groups excluding carboxylic acids is 1. The number of thiophene rings is 1. The van der Waals surface area contributed by atoms with E-state index in [9.17, 15) is 4.79 Å². The third-order valence-corrected chi connectivity index (χ3v) is 4.51. The Labute approximate surface area is 125 Å². The van der Waals surface area contributed by atoms with Crippen molar-refractivity contribution in [2.75, 3.05) is 0 Å². The molecule has 0 aromatic carbocycles. The van der Waals surface area contributed by atoms with Crippen molar-refractivity contribution >= 4 is 33.2 Å². The Morgan fingerprint density at radius 1 is 1.42 bits per heavy atom. The van der Waals surface area contributed by atoms with Gasteiger partial charge < -0.3 is 9.88 Å². The number of aromatic nitrogens is 1. The number of aryl methyl sites for hydroxylation is 3. The predicted molar refractivity (Wildman–Crippen MR) is 82.8 cm³/mol. The van der Waals surface area contributed by atoms with Crippen LogP contribution in [0, 0.1) is 13.8 Å². The SMILES string of the molecule is Cc1cc(C(C)NC(=O)c2cc(Br)cn2C)c(C)s1. The van der Waals surface area contributed by atoms with E-state index in [1.54, 1.807) is 11.3 Å². The molecule has 0 aliphatic rings. The van der Waals surface area contributed by atoms with Crippen molar-refractivity contribution in [3.8, 4) is 0 Å². The topological polar surface area (TPSA) is 34.0 Å². The van der Waals surface area contributed by atoms with Gasteiger partial charge in [0.1, 0.15) is 5.69 Å². The zero-order chi connectivity index (χ0) is 14.2. The van der Waals surface area contributed by atoms with Crippen molar-refractivity contribution in [3.05, 3.63) is 43.8 Å². The van der Waals surface area contributed by atoms with E-state index in [1.165, 1.54) is 15.3 Å². The highest BCUT2D eigenvalue weighted by molar-refractivity contribution is 9.10. The van der Waals surface area contributed by atoms with E-state index >= 15 is 0 Å². The molecule has 0 saturated carbocycles. The van der Waals surface area contributed by atoms with E-state index in [4.69, 9.17) is 0 Å². The Bertz CT molecular complexity index is 615. The third kappa shape index (κ3) is 3.09. The first-order valence-electron chi connectivity index (χ1n) is 6.08. The van der Waals surface area contributed by atoms with Crippen LogP contribution in [0.4, 0.5) is 0 Å². The summed E-state index contributed by atoms with van der Waals surface area (Å²) in [4.78, 5) is 14.8. The Morgan fingerprint density at radius 3 is 2.58 bits per heavy atom. The lowest BCUT2D eigenvalue weighted by molar-refractivity contribution is 0.0931. The van der Waals surface area contributed by atoms with Crippen LogP contribution in [0.5, 0.6) is 0 Å². The summed E-state index contributed by atoms with van der Waals surface area (Å²) in [5.41, 5.74) is 1.85. The molecule has 2 heterocycles. The molecule has 0 fully saturated rings. The van der Waals surface area contributed by atoms with Gasteiger partial charge in [0.15, 0.2) is 0 Å². The van der Waals surface area contributed by atoms with Gasteiger partial charge in [-0.05, 0) is 54.4 Å². The van der Waals surface area contributed by atoms with E-state index in [-0.39, 0.29) is 11.9 Å². The van der Waals surface area contributed by atoms with E-state index in [1.807, 2.05) is 30.8 Å². The molecule has 2 aromatic heterocycles. The van der Waals surface area contributed by atoms with Crippen LogP contribution in [0.15, 0.2) is 22.8 Å². The minimum Gasteiger partial charge on any atom is -0.345 e. The predicted octanol–water partition coefficient (Wildman–Crippen LogP) is 3.96. The zero-order valence-corrected chi connectivity index (χ0v) is 13.9. The van der Waals surface area contributed by atoms with Gasteiger partial charge in [0.25, 0.3) is 5.91 Å². The quantitative estimate of drug-likeness (QED) is 0.901. The molecule has 2 aromatic rings. The number of rotatable bonds is 3. The second kappa shape index (κ2) is 5.51. The number of halogens is 1. The Morgan fingerprint density at radius 2 is 2.11 bits per heavy atom. The Balaban J connectivity index is 2.15. The highest BCUT2D eigenvalue weighted by Crippen LogP contribution is 2.26. The number of hydrogen-bond donors (Lipinski definition) is 1. The van der Waals surface area contributed by atoms with Crippen molar-refractivity contribution < 1.29 is 4.79 Å². The molecule has 1 unspecified atom stereocenters. The minimum atomic E-state index is -0.0519. The van der Waals surface area contributed by atoms with Crippen LogP contribution in [0.2, 0.25) is 0 Å². The van der Waals surface area contributed by atoms with Crippen LogP contribution < -0.4 is 5.32 Å². The van der Waals surface area contributed by atoms with Crippen LogP contribution in [0.25, 0.3) is 0 Å². The Hall–Kier alpha value is -1.07. The highest BCUT2D eigenvalue weighted by atomic mass is 79.9. The van der Waals surface area contributed by atoms with Gasteiger partial charge in [-0.25, -0.2) is 0 Å². The van der Waals surface area contributed by atoms with Crippen LogP contribution in [-0.2, 0) is 7.05 Å². The first-order valence-corrected chi connectivity index (χ1v) is 7.69. The smallest absolute Gasteiger partial charge is 0.268 e. The summed E-state index contributed by atoms with van der Waals surface area (Å²) in [7, 11) is 1.87. The molecule has 0 radical (unpaired) electrons. The maximum Gasteiger partial charge on any atom is 0.268 e. The van der Waals surface area contributed by atoms with E-state index in [0.717, 1.165) is 4.47 Å². The average molecular weight is 341 g/mol. The lowest BCUT2D eigenvalue weighted by Gasteiger charge is -2.14. The van der Waals surface area contributed by atoms with Crippen LogP contribution in [0.1, 0.15) is 38.8 Å². The fourth-order valence-electron chi connectivity index (χ4n) is 2.18.